The first kappa shape index (κ1) is 17.3. The highest BCUT2D eigenvalue weighted by molar-refractivity contribution is 5.70. The minimum absolute atomic E-state index is 0.192. The number of pyridine rings is 1. The number of anilines is 2. The zero-order valence-electron chi connectivity index (χ0n) is 16.3. The van der Waals surface area contributed by atoms with E-state index in [1.807, 2.05) is 0 Å². The minimum Gasteiger partial charge on any atom is -0.339 e. The van der Waals surface area contributed by atoms with E-state index in [-0.39, 0.29) is 5.92 Å². The number of hydrogen-bond donors (Lipinski definition) is 1. The van der Waals surface area contributed by atoms with Gasteiger partial charge < -0.3 is 5.32 Å². The van der Waals surface area contributed by atoms with Crippen LogP contribution in [-0.4, -0.2) is 9.38 Å². The number of rotatable bonds is 4. The van der Waals surface area contributed by atoms with Crippen molar-refractivity contribution >= 4 is 17.2 Å². The third-order valence-corrected chi connectivity index (χ3v) is 5.30. The molecular formula is C24H25N3. The highest BCUT2D eigenvalue weighted by Crippen LogP contribution is 2.34. The maximum absolute atomic E-state index is 5.01. The van der Waals surface area contributed by atoms with Gasteiger partial charge in [0, 0.05) is 17.3 Å². The van der Waals surface area contributed by atoms with E-state index in [2.05, 4.69) is 104 Å². The molecule has 3 heteroatoms. The van der Waals surface area contributed by atoms with E-state index in [1.54, 1.807) is 0 Å². The summed E-state index contributed by atoms with van der Waals surface area (Å²) in [6, 6.07) is 23.2. The van der Waals surface area contributed by atoms with E-state index in [9.17, 15) is 0 Å². The Morgan fingerprint density at radius 1 is 0.815 bits per heavy atom. The van der Waals surface area contributed by atoms with Gasteiger partial charge in [-0.3, -0.25) is 4.40 Å². The maximum Gasteiger partial charge on any atom is 0.139 e. The molecule has 2 aromatic heterocycles. The van der Waals surface area contributed by atoms with Crippen molar-refractivity contribution in [1.82, 2.24) is 9.38 Å². The maximum atomic E-state index is 5.01. The first-order valence-corrected chi connectivity index (χ1v) is 9.42. The lowest BCUT2D eigenvalue weighted by Gasteiger charge is -2.17. The summed E-state index contributed by atoms with van der Waals surface area (Å²) >= 11 is 0. The van der Waals surface area contributed by atoms with E-state index in [1.165, 1.54) is 22.4 Å². The monoisotopic (exact) mass is 355 g/mol. The second-order valence-electron chi connectivity index (χ2n) is 7.23. The standard InChI is InChI=1S/C24H25N3/c1-16-10-8-11-17(2)22(16)26-24-23(19(4)20-13-6-5-7-14-20)25-21-15-9-12-18(3)27(21)24/h5-15,19,26H,1-4H3/t19-/m1/s1. The SMILES string of the molecule is Cc1cccc(C)c1Nc1c([C@H](C)c2ccccc2)nc2cccc(C)n12. The van der Waals surface area contributed by atoms with Crippen LogP contribution in [-0.2, 0) is 0 Å². The van der Waals surface area contributed by atoms with Crippen molar-refractivity contribution in [3.05, 3.63) is 94.8 Å². The minimum atomic E-state index is 0.192. The van der Waals surface area contributed by atoms with E-state index in [0.717, 1.165) is 22.8 Å². The molecule has 0 saturated carbocycles. The molecule has 2 aromatic carbocycles. The Morgan fingerprint density at radius 2 is 1.48 bits per heavy atom. The average molecular weight is 355 g/mol. The molecule has 1 N–H and O–H groups in total. The lowest BCUT2D eigenvalue weighted by atomic mass is 9.97. The molecule has 0 aliphatic carbocycles. The normalized spacial score (nSPS) is 12.3. The van der Waals surface area contributed by atoms with Gasteiger partial charge in [-0.25, -0.2) is 4.98 Å². The summed E-state index contributed by atoms with van der Waals surface area (Å²) in [5.74, 6) is 1.24. The van der Waals surface area contributed by atoms with Crippen LogP contribution in [0.4, 0.5) is 11.5 Å². The third kappa shape index (κ3) is 3.10. The van der Waals surface area contributed by atoms with Gasteiger partial charge in [0.2, 0.25) is 0 Å². The molecule has 0 unspecified atom stereocenters. The first-order chi connectivity index (χ1) is 13.1. The molecule has 0 bridgehead atoms. The molecule has 2 heterocycles. The summed E-state index contributed by atoms with van der Waals surface area (Å²) in [5, 5.41) is 3.72. The quantitative estimate of drug-likeness (QED) is 0.475. The number of nitrogens with zero attached hydrogens (tertiary/aromatic N) is 2. The second kappa shape index (κ2) is 6.92. The van der Waals surface area contributed by atoms with Crippen molar-refractivity contribution in [2.75, 3.05) is 5.32 Å². The van der Waals surface area contributed by atoms with E-state index < -0.39 is 0 Å². The highest BCUT2D eigenvalue weighted by atomic mass is 15.1. The molecule has 4 rings (SSSR count). The summed E-state index contributed by atoms with van der Waals surface area (Å²) < 4.78 is 2.22. The number of fused-ring (bicyclic) bond motifs is 1. The largest absolute Gasteiger partial charge is 0.339 e. The van der Waals surface area contributed by atoms with Gasteiger partial charge >= 0.3 is 0 Å². The Hall–Kier alpha value is -3.07. The number of aromatic nitrogens is 2. The van der Waals surface area contributed by atoms with E-state index in [4.69, 9.17) is 4.98 Å². The molecule has 4 aromatic rings. The van der Waals surface area contributed by atoms with Crippen LogP contribution in [0.1, 0.15) is 40.9 Å². The zero-order chi connectivity index (χ0) is 19.0. The fourth-order valence-corrected chi connectivity index (χ4v) is 3.72. The predicted molar refractivity (Wildman–Crippen MR) is 113 cm³/mol. The van der Waals surface area contributed by atoms with Gasteiger partial charge in [0.05, 0.1) is 5.69 Å². The summed E-state index contributed by atoms with van der Waals surface area (Å²) in [5.41, 5.74) is 8.10. The number of imidazole rings is 1. The summed E-state index contributed by atoms with van der Waals surface area (Å²) in [7, 11) is 0. The van der Waals surface area contributed by atoms with E-state index in [0.29, 0.717) is 0 Å². The van der Waals surface area contributed by atoms with Crippen LogP contribution in [0.25, 0.3) is 5.65 Å². The van der Waals surface area contributed by atoms with Crippen molar-refractivity contribution in [3.63, 3.8) is 0 Å². The van der Waals surface area contributed by atoms with Crippen LogP contribution in [0.15, 0.2) is 66.7 Å². The van der Waals surface area contributed by atoms with Gasteiger partial charge in [0.1, 0.15) is 11.5 Å². The molecule has 27 heavy (non-hydrogen) atoms. The second-order valence-corrected chi connectivity index (χ2v) is 7.23. The lowest BCUT2D eigenvalue weighted by molar-refractivity contribution is 0.887. The first-order valence-electron chi connectivity index (χ1n) is 9.42. The Balaban J connectivity index is 1.92. The molecule has 3 nitrogen and oxygen atoms in total. The molecule has 0 saturated heterocycles. The fraction of sp³-hybridized carbons (Fsp3) is 0.208. The van der Waals surface area contributed by atoms with Crippen LogP contribution in [0.5, 0.6) is 0 Å². The van der Waals surface area contributed by atoms with E-state index >= 15 is 0 Å². The van der Waals surface area contributed by atoms with Crippen molar-refractivity contribution in [3.8, 4) is 0 Å². The Morgan fingerprint density at radius 3 is 2.19 bits per heavy atom. The van der Waals surface area contributed by atoms with Gasteiger partial charge in [-0.1, -0.05) is 61.5 Å². The fourth-order valence-electron chi connectivity index (χ4n) is 3.72. The summed E-state index contributed by atoms with van der Waals surface area (Å²) in [4.78, 5) is 5.01. The van der Waals surface area contributed by atoms with Crippen molar-refractivity contribution in [2.24, 2.45) is 0 Å². The topological polar surface area (TPSA) is 29.3 Å². The zero-order valence-corrected chi connectivity index (χ0v) is 16.3. The van der Waals surface area contributed by atoms with Gasteiger partial charge in [-0.2, -0.15) is 0 Å². The van der Waals surface area contributed by atoms with Crippen LogP contribution >= 0.6 is 0 Å². The Bertz CT molecular complexity index is 1070. The van der Waals surface area contributed by atoms with Crippen LogP contribution in [0, 0.1) is 20.8 Å². The van der Waals surface area contributed by atoms with Gasteiger partial charge in [0.25, 0.3) is 0 Å². The number of aryl methyl sites for hydroxylation is 3. The van der Waals surface area contributed by atoms with Gasteiger partial charge in [0.15, 0.2) is 0 Å². The molecule has 0 amide bonds. The number of hydrogen-bond acceptors (Lipinski definition) is 2. The molecular weight excluding hydrogens is 330 g/mol. The molecule has 0 radical (unpaired) electrons. The van der Waals surface area contributed by atoms with Crippen molar-refractivity contribution in [1.29, 1.82) is 0 Å². The molecule has 0 aliphatic rings. The summed E-state index contributed by atoms with van der Waals surface area (Å²) in [6.45, 7) is 8.64. The smallest absolute Gasteiger partial charge is 0.139 e. The van der Waals surface area contributed by atoms with Crippen molar-refractivity contribution < 1.29 is 0 Å². The van der Waals surface area contributed by atoms with Gasteiger partial charge in [-0.05, 0) is 49.6 Å². The summed E-state index contributed by atoms with van der Waals surface area (Å²) in [6.07, 6.45) is 0. The van der Waals surface area contributed by atoms with Crippen LogP contribution in [0.3, 0.4) is 0 Å². The van der Waals surface area contributed by atoms with Gasteiger partial charge in [-0.15, -0.1) is 0 Å². The van der Waals surface area contributed by atoms with Crippen molar-refractivity contribution in [2.45, 2.75) is 33.6 Å². The third-order valence-electron chi connectivity index (χ3n) is 5.30. The Kier molecular flexibility index (Phi) is 4.44. The van der Waals surface area contributed by atoms with Crippen LogP contribution in [0.2, 0.25) is 0 Å². The molecule has 1 atom stereocenters. The average Bonchev–Trinajstić information content (AvgIpc) is 3.04. The number of nitrogens with one attached hydrogen (secondary N) is 1. The lowest BCUT2D eigenvalue weighted by Crippen LogP contribution is -2.05. The predicted octanol–water partition coefficient (Wildman–Crippen LogP) is 6.15. The number of para-hydroxylation sites is 1. The number of benzene rings is 2. The molecule has 0 spiro atoms. The molecule has 0 aliphatic heterocycles. The molecule has 0 fully saturated rings. The molecule has 136 valence electrons. The van der Waals surface area contributed by atoms with Crippen LogP contribution < -0.4 is 5.32 Å². The highest BCUT2D eigenvalue weighted by Gasteiger charge is 2.21. The Labute approximate surface area is 160 Å².